The van der Waals surface area contributed by atoms with E-state index in [0.29, 0.717) is 6.54 Å². The molecule has 1 atom stereocenters. The highest BCUT2D eigenvalue weighted by Crippen LogP contribution is 2.12. The van der Waals surface area contributed by atoms with E-state index >= 15 is 0 Å². The molecular weight excluding hydrogens is 264 g/mol. The Morgan fingerprint density at radius 2 is 2.00 bits per heavy atom. The molecule has 21 heavy (non-hydrogen) atoms. The molecule has 5 nitrogen and oxygen atoms in total. The lowest BCUT2D eigenvalue weighted by molar-refractivity contribution is -0.122. The zero-order chi connectivity index (χ0) is 15.8. The van der Waals surface area contributed by atoms with Crippen LogP contribution in [0.15, 0.2) is 0 Å². The Bertz CT molecular complexity index is 453. The molecule has 5 heteroatoms. The number of hydrogen-bond acceptors (Lipinski definition) is 3. The van der Waals surface area contributed by atoms with Gasteiger partial charge in [-0.05, 0) is 40.2 Å². The Morgan fingerprint density at radius 3 is 2.62 bits per heavy atom. The lowest BCUT2D eigenvalue weighted by atomic mass is 10.2. The van der Waals surface area contributed by atoms with Crippen LogP contribution >= 0.6 is 0 Å². The van der Waals surface area contributed by atoms with Gasteiger partial charge in [0.15, 0.2) is 0 Å². The SMILES string of the molecule is CCCNCc1c(C)nn(CC(=O)NC(C)CCC)c1C. The predicted molar refractivity (Wildman–Crippen MR) is 86.2 cm³/mol. The quantitative estimate of drug-likeness (QED) is 0.687. The summed E-state index contributed by atoms with van der Waals surface area (Å²) >= 11 is 0. The number of hydrogen-bond donors (Lipinski definition) is 2. The van der Waals surface area contributed by atoms with Crippen LogP contribution in [0.25, 0.3) is 0 Å². The highest BCUT2D eigenvalue weighted by atomic mass is 16.2. The molecule has 0 aliphatic rings. The van der Waals surface area contributed by atoms with Gasteiger partial charge in [0.25, 0.3) is 0 Å². The van der Waals surface area contributed by atoms with Gasteiger partial charge in [-0.1, -0.05) is 20.3 Å². The number of carbonyl (C=O) groups excluding carboxylic acids is 1. The van der Waals surface area contributed by atoms with Gasteiger partial charge in [0, 0.05) is 23.8 Å². The monoisotopic (exact) mass is 294 g/mol. The van der Waals surface area contributed by atoms with Crippen molar-refractivity contribution in [3.8, 4) is 0 Å². The third-order valence-corrected chi connectivity index (χ3v) is 3.68. The number of nitrogens with zero attached hydrogens (tertiary/aromatic N) is 2. The number of carbonyl (C=O) groups is 1. The fraction of sp³-hybridized carbons (Fsp3) is 0.750. The molecular formula is C16H30N4O. The van der Waals surface area contributed by atoms with Gasteiger partial charge in [-0.25, -0.2) is 0 Å². The van der Waals surface area contributed by atoms with Crippen molar-refractivity contribution in [1.29, 1.82) is 0 Å². The van der Waals surface area contributed by atoms with Crippen LogP contribution in [0.3, 0.4) is 0 Å². The maximum atomic E-state index is 12.0. The van der Waals surface area contributed by atoms with Crippen molar-refractivity contribution < 1.29 is 4.79 Å². The smallest absolute Gasteiger partial charge is 0.241 e. The predicted octanol–water partition coefficient (Wildman–Crippen LogP) is 2.30. The first-order chi connectivity index (χ1) is 9.99. The van der Waals surface area contributed by atoms with Crippen LogP contribution in [0.5, 0.6) is 0 Å². The summed E-state index contributed by atoms with van der Waals surface area (Å²) in [5.74, 6) is 0.0367. The van der Waals surface area contributed by atoms with Crippen molar-refractivity contribution in [2.24, 2.45) is 0 Å². The van der Waals surface area contributed by atoms with Crippen LogP contribution in [-0.2, 0) is 17.9 Å². The number of aromatic nitrogens is 2. The minimum absolute atomic E-state index is 0.0367. The first-order valence-corrected chi connectivity index (χ1v) is 8.02. The summed E-state index contributed by atoms with van der Waals surface area (Å²) in [5, 5.41) is 10.9. The normalized spacial score (nSPS) is 12.4. The van der Waals surface area contributed by atoms with Crippen molar-refractivity contribution in [1.82, 2.24) is 20.4 Å². The minimum atomic E-state index is 0.0367. The van der Waals surface area contributed by atoms with E-state index in [2.05, 4.69) is 29.6 Å². The van der Waals surface area contributed by atoms with E-state index in [9.17, 15) is 4.79 Å². The standard InChI is InChI=1S/C16H30N4O/c1-6-8-12(3)18-16(21)11-20-14(5)15(13(4)19-20)10-17-9-7-2/h12,17H,6-11H2,1-5H3,(H,18,21). The molecule has 0 aliphatic carbocycles. The summed E-state index contributed by atoms with van der Waals surface area (Å²) in [6.45, 7) is 12.5. The molecule has 1 unspecified atom stereocenters. The van der Waals surface area contributed by atoms with Gasteiger partial charge < -0.3 is 10.6 Å². The lowest BCUT2D eigenvalue weighted by Crippen LogP contribution is -2.35. The van der Waals surface area contributed by atoms with Gasteiger partial charge in [-0.2, -0.15) is 5.10 Å². The third kappa shape index (κ3) is 5.50. The highest BCUT2D eigenvalue weighted by Gasteiger charge is 2.14. The molecule has 0 aromatic carbocycles. The molecule has 0 fully saturated rings. The molecule has 0 spiro atoms. The van der Waals surface area contributed by atoms with E-state index in [0.717, 1.165) is 43.7 Å². The second-order valence-corrected chi connectivity index (χ2v) is 5.74. The van der Waals surface area contributed by atoms with Gasteiger partial charge in [-0.15, -0.1) is 0 Å². The molecule has 1 heterocycles. The fourth-order valence-electron chi connectivity index (χ4n) is 2.50. The van der Waals surface area contributed by atoms with E-state index < -0.39 is 0 Å². The average Bonchev–Trinajstić information content (AvgIpc) is 2.66. The zero-order valence-electron chi connectivity index (χ0n) is 14.1. The summed E-state index contributed by atoms with van der Waals surface area (Å²) in [4.78, 5) is 12.0. The molecule has 1 rings (SSSR count). The first kappa shape index (κ1) is 17.7. The van der Waals surface area contributed by atoms with E-state index in [1.165, 1.54) is 5.56 Å². The van der Waals surface area contributed by atoms with E-state index in [1.54, 1.807) is 0 Å². The number of nitrogens with one attached hydrogen (secondary N) is 2. The second-order valence-electron chi connectivity index (χ2n) is 5.74. The number of aryl methyl sites for hydroxylation is 1. The van der Waals surface area contributed by atoms with Crippen LogP contribution < -0.4 is 10.6 Å². The zero-order valence-corrected chi connectivity index (χ0v) is 14.1. The molecule has 120 valence electrons. The summed E-state index contributed by atoms with van der Waals surface area (Å²) in [6, 6.07) is 0.227. The molecule has 1 aromatic heterocycles. The Balaban J connectivity index is 2.63. The fourth-order valence-corrected chi connectivity index (χ4v) is 2.50. The van der Waals surface area contributed by atoms with Crippen LogP contribution in [0.1, 0.15) is 57.0 Å². The van der Waals surface area contributed by atoms with Gasteiger partial charge in [0.1, 0.15) is 6.54 Å². The van der Waals surface area contributed by atoms with Gasteiger partial charge in [-0.3, -0.25) is 9.48 Å². The van der Waals surface area contributed by atoms with Crippen molar-refractivity contribution in [2.75, 3.05) is 6.54 Å². The van der Waals surface area contributed by atoms with E-state index in [4.69, 9.17) is 0 Å². The summed E-state index contributed by atoms with van der Waals surface area (Å²) in [5.41, 5.74) is 3.29. The van der Waals surface area contributed by atoms with Crippen molar-refractivity contribution in [3.63, 3.8) is 0 Å². The van der Waals surface area contributed by atoms with Gasteiger partial charge in [0.05, 0.1) is 5.69 Å². The third-order valence-electron chi connectivity index (χ3n) is 3.68. The van der Waals surface area contributed by atoms with Crippen molar-refractivity contribution in [3.05, 3.63) is 17.0 Å². The van der Waals surface area contributed by atoms with Gasteiger partial charge >= 0.3 is 0 Å². The molecule has 0 radical (unpaired) electrons. The maximum Gasteiger partial charge on any atom is 0.241 e. The van der Waals surface area contributed by atoms with Crippen LogP contribution in [0, 0.1) is 13.8 Å². The molecule has 0 aliphatic heterocycles. The molecule has 0 bridgehead atoms. The van der Waals surface area contributed by atoms with Gasteiger partial charge in [0.2, 0.25) is 5.91 Å². The van der Waals surface area contributed by atoms with Crippen LogP contribution in [-0.4, -0.2) is 28.3 Å². The topological polar surface area (TPSA) is 59.0 Å². The summed E-state index contributed by atoms with van der Waals surface area (Å²) in [7, 11) is 0. The Morgan fingerprint density at radius 1 is 1.29 bits per heavy atom. The maximum absolute atomic E-state index is 12.0. The van der Waals surface area contributed by atoms with E-state index in [1.807, 2.05) is 25.5 Å². The molecule has 1 aromatic rings. The van der Waals surface area contributed by atoms with E-state index in [-0.39, 0.29) is 11.9 Å². The molecule has 2 N–H and O–H groups in total. The number of rotatable bonds is 9. The second kappa shape index (κ2) is 8.82. The van der Waals surface area contributed by atoms with Crippen molar-refractivity contribution >= 4 is 5.91 Å². The Kier molecular flexibility index (Phi) is 7.43. The molecule has 0 saturated carbocycles. The minimum Gasteiger partial charge on any atom is -0.352 e. The lowest BCUT2D eigenvalue weighted by Gasteiger charge is -2.13. The average molecular weight is 294 g/mol. The van der Waals surface area contributed by atoms with Crippen LogP contribution in [0.2, 0.25) is 0 Å². The Labute approximate surface area is 128 Å². The molecule has 0 saturated heterocycles. The van der Waals surface area contributed by atoms with Crippen molar-refractivity contribution in [2.45, 2.75) is 73.0 Å². The first-order valence-electron chi connectivity index (χ1n) is 8.02. The Hall–Kier alpha value is -1.36. The molecule has 1 amide bonds. The largest absolute Gasteiger partial charge is 0.352 e. The highest BCUT2D eigenvalue weighted by molar-refractivity contribution is 5.76. The van der Waals surface area contributed by atoms with Crippen LogP contribution in [0.4, 0.5) is 0 Å². The summed E-state index contributed by atoms with van der Waals surface area (Å²) in [6.07, 6.45) is 3.20. The summed E-state index contributed by atoms with van der Waals surface area (Å²) < 4.78 is 1.81. The number of amides is 1.